The molecule has 0 aliphatic heterocycles. The number of likely N-dealkylation sites (N-methyl/N-ethyl adjacent to an activating group) is 1. The van der Waals surface area contributed by atoms with Gasteiger partial charge in [-0.2, -0.15) is 0 Å². The Morgan fingerprint density at radius 1 is 0.474 bits per heavy atom. The molecule has 0 aliphatic carbocycles. The average molecular weight is 1080 g/mol. The average Bonchev–Trinajstić information content (AvgIpc) is 3.38. The Hall–Kier alpha value is -2.81. The van der Waals surface area contributed by atoms with Gasteiger partial charge in [0.25, 0.3) is 7.82 Å². The molecule has 0 rings (SSSR count). The number of allylic oxidation sites excluding steroid dienone is 13. The molecule has 10 heteroatoms. The number of carbonyl (C=O) groups excluding carboxylic acids is 2. The number of esters is 1. The monoisotopic (exact) mass is 1080 g/mol. The van der Waals surface area contributed by atoms with Gasteiger partial charge in [-0.15, -0.1) is 0 Å². The summed E-state index contributed by atoms with van der Waals surface area (Å²) < 4.78 is 30.3. The molecule has 440 valence electrons. The Labute approximate surface area is 469 Å². The van der Waals surface area contributed by atoms with Crippen molar-refractivity contribution in [2.24, 2.45) is 0 Å². The van der Waals surface area contributed by atoms with E-state index < -0.39 is 26.6 Å². The van der Waals surface area contributed by atoms with Gasteiger partial charge in [-0.3, -0.25) is 14.2 Å². The lowest BCUT2D eigenvalue weighted by molar-refractivity contribution is -0.870. The van der Waals surface area contributed by atoms with Gasteiger partial charge in [-0.25, -0.2) is 0 Å². The number of carbonyl (C=O) groups is 2. The number of phosphoric ester groups is 1. The maximum Gasteiger partial charge on any atom is 0.306 e. The predicted octanol–water partition coefficient (Wildman–Crippen LogP) is 18.8. The summed E-state index contributed by atoms with van der Waals surface area (Å²) >= 11 is 0. The first kappa shape index (κ1) is 73.2. The molecule has 0 bridgehead atoms. The number of hydrogen-bond acceptors (Lipinski definition) is 7. The Morgan fingerprint density at radius 2 is 0.842 bits per heavy atom. The summed E-state index contributed by atoms with van der Waals surface area (Å²) in [5.41, 5.74) is 0. The van der Waals surface area contributed by atoms with E-state index in [4.69, 9.17) is 13.8 Å². The van der Waals surface area contributed by atoms with Crippen LogP contribution < -0.4 is 10.2 Å². The molecule has 0 aromatic rings. The topological polar surface area (TPSA) is 114 Å². The van der Waals surface area contributed by atoms with Gasteiger partial charge in [0, 0.05) is 12.8 Å². The van der Waals surface area contributed by atoms with Crippen molar-refractivity contribution in [2.75, 3.05) is 40.9 Å². The predicted molar refractivity (Wildman–Crippen MR) is 325 cm³/mol. The first-order valence-corrected chi connectivity index (χ1v) is 32.9. The number of phosphoric acid groups is 1. The number of ether oxygens (including phenoxy) is 1. The van der Waals surface area contributed by atoms with Crippen molar-refractivity contribution in [3.8, 4) is 0 Å². The molecule has 0 radical (unpaired) electrons. The number of rotatable bonds is 56. The number of quaternary nitrogens is 1. The van der Waals surface area contributed by atoms with Crippen LogP contribution in [0.4, 0.5) is 0 Å². The minimum Gasteiger partial charge on any atom is -0.756 e. The lowest BCUT2D eigenvalue weighted by Gasteiger charge is -2.30. The van der Waals surface area contributed by atoms with Crippen LogP contribution in [0.25, 0.3) is 0 Å². The third-order valence-corrected chi connectivity index (χ3v) is 14.5. The summed E-state index contributed by atoms with van der Waals surface area (Å²) in [6, 6.07) is -0.901. The van der Waals surface area contributed by atoms with E-state index >= 15 is 0 Å². The third kappa shape index (κ3) is 55.9. The molecule has 0 aliphatic rings. The van der Waals surface area contributed by atoms with Crippen molar-refractivity contribution in [1.29, 1.82) is 0 Å². The van der Waals surface area contributed by atoms with Crippen LogP contribution in [0.15, 0.2) is 85.1 Å². The van der Waals surface area contributed by atoms with Crippen LogP contribution in [-0.4, -0.2) is 69.4 Å². The number of nitrogens with one attached hydrogen (secondary N) is 1. The van der Waals surface area contributed by atoms with E-state index in [-0.39, 0.29) is 24.9 Å². The zero-order valence-electron chi connectivity index (χ0n) is 50.2. The molecule has 3 atom stereocenters. The highest BCUT2D eigenvalue weighted by Crippen LogP contribution is 2.38. The van der Waals surface area contributed by atoms with Gasteiger partial charge in [0.2, 0.25) is 5.91 Å². The first-order chi connectivity index (χ1) is 36.9. The van der Waals surface area contributed by atoms with Crippen molar-refractivity contribution in [3.05, 3.63) is 85.1 Å². The van der Waals surface area contributed by atoms with E-state index in [0.717, 1.165) is 103 Å². The SMILES string of the molecule is CC/C=C/C/C=C/C/C=C/CCCCCCC(=O)OC(/C=C\CCCCCCCCCCC)C(COP(=O)([O-])OCC[N+](C)(C)C)NC(=O)CCCCCCCCCCCCCC/C=C\C/C=C\C/C=C\CCCCC. The van der Waals surface area contributed by atoms with Gasteiger partial charge in [-0.05, 0) is 102 Å². The van der Waals surface area contributed by atoms with Gasteiger partial charge in [0.15, 0.2) is 0 Å². The van der Waals surface area contributed by atoms with Gasteiger partial charge in [0.05, 0.1) is 33.8 Å². The van der Waals surface area contributed by atoms with Gasteiger partial charge in [0.1, 0.15) is 19.3 Å². The highest BCUT2D eigenvalue weighted by Gasteiger charge is 2.27. The van der Waals surface area contributed by atoms with Crippen LogP contribution in [0, 0.1) is 0 Å². The molecule has 1 N–H and O–H groups in total. The largest absolute Gasteiger partial charge is 0.756 e. The quantitative estimate of drug-likeness (QED) is 0.0212. The summed E-state index contributed by atoms with van der Waals surface area (Å²) in [6.07, 6.45) is 72.7. The van der Waals surface area contributed by atoms with E-state index in [1.165, 1.54) is 128 Å². The molecular weight excluding hydrogens is 964 g/mol. The normalized spacial score (nSPS) is 14.2. The van der Waals surface area contributed by atoms with Gasteiger partial charge >= 0.3 is 5.97 Å². The summed E-state index contributed by atoms with van der Waals surface area (Å²) in [5, 5.41) is 3.02. The highest BCUT2D eigenvalue weighted by molar-refractivity contribution is 7.45. The Bertz CT molecular complexity index is 1580. The van der Waals surface area contributed by atoms with E-state index in [2.05, 4.69) is 99.0 Å². The van der Waals surface area contributed by atoms with Crippen LogP contribution >= 0.6 is 7.82 Å². The van der Waals surface area contributed by atoms with Crippen LogP contribution in [0.1, 0.15) is 271 Å². The standard InChI is InChI=1S/C66H119N2O7P/c1-7-10-13-16-19-22-25-27-29-30-31-32-33-34-35-36-37-38-39-40-43-46-49-52-55-58-65(69)67-63(62-74-76(71,72)73-61-60-68(4,5)6)64(57-54-51-48-45-42-24-21-18-15-12-9-3)75-66(70)59-56-53-50-47-44-41-28-26-23-20-17-14-11-8-2/h11,14,19-20,22-23,27-29,31-32,41,54,57,63-64H,7-10,12-13,15-18,21,24-26,30,33-40,42-53,55-56,58-62H2,1-6H3,(H-,67,69,71,72)/b14-11+,22-19-,23-20+,29-27-,32-31-,41-28+,57-54-. The van der Waals surface area contributed by atoms with Crippen molar-refractivity contribution in [2.45, 2.75) is 283 Å². The Kier molecular flexibility index (Phi) is 53.5. The van der Waals surface area contributed by atoms with Crippen LogP contribution in [0.5, 0.6) is 0 Å². The van der Waals surface area contributed by atoms with Crippen molar-refractivity contribution >= 4 is 19.7 Å². The molecular formula is C66H119N2O7P. The zero-order valence-corrected chi connectivity index (χ0v) is 51.1. The lowest BCUT2D eigenvalue weighted by Crippen LogP contribution is -2.47. The van der Waals surface area contributed by atoms with Crippen molar-refractivity contribution in [1.82, 2.24) is 5.32 Å². The van der Waals surface area contributed by atoms with Crippen LogP contribution in [0.2, 0.25) is 0 Å². The molecule has 0 fully saturated rings. The molecule has 0 spiro atoms. The maximum atomic E-state index is 13.5. The number of amides is 1. The Balaban J connectivity index is 5.11. The van der Waals surface area contributed by atoms with E-state index in [1.807, 2.05) is 33.3 Å². The minimum absolute atomic E-state index is 0.0294. The van der Waals surface area contributed by atoms with Crippen LogP contribution in [0.3, 0.4) is 0 Å². The van der Waals surface area contributed by atoms with Gasteiger partial charge < -0.3 is 28.5 Å². The lowest BCUT2D eigenvalue weighted by atomic mass is 10.0. The van der Waals surface area contributed by atoms with E-state index in [9.17, 15) is 19.0 Å². The molecule has 1 amide bonds. The zero-order chi connectivity index (χ0) is 55.7. The second-order valence-corrected chi connectivity index (χ2v) is 23.6. The van der Waals surface area contributed by atoms with E-state index in [0.29, 0.717) is 23.9 Å². The van der Waals surface area contributed by atoms with Crippen molar-refractivity contribution < 1.29 is 37.3 Å². The Morgan fingerprint density at radius 3 is 1.29 bits per heavy atom. The second kappa shape index (κ2) is 55.5. The molecule has 76 heavy (non-hydrogen) atoms. The fraction of sp³-hybridized carbons (Fsp3) is 0.758. The van der Waals surface area contributed by atoms with E-state index in [1.54, 1.807) is 0 Å². The molecule has 9 nitrogen and oxygen atoms in total. The molecule has 3 unspecified atom stereocenters. The minimum atomic E-state index is -4.71. The number of nitrogens with zero attached hydrogens (tertiary/aromatic N) is 1. The maximum absolute atomic E-state index is 13.5. The fourth-order valence-corrected chi connectivity index (χ4v) is 9.44. The molecule has 0 aromatic carbocycles. The first-order valence-electron chi connectivity index (χ1n) is 31.4. The van der Waals surface area contributed by atoms with Crippen molar-refractivity contribution in [3.63, 3.8) is 0 Å². The fourth-order valence-electron chi connectivity index (χ4n) is 8.72. The summed E-state index contributed by atoms with van der Waals surface area (Å²) in [7, 11) is 1.16. The molecule has 0 saturated carbocycles. The summed E-state index contributed by atoms with van der Waals surface area (Å²) in [5.74, 6) is -0.570. The number of hydrogen-bond donors (Lipinski definition) is 1. The third-order valence-electron chi connectivity index (χ3n) is 13.6. The highest BCUT2D eigenvalue weighted by atomic mass is 31.2. The van der Waals surface area contributed by atoms with Crippen LogP contribution in [-0.2, 0) is 27.9 Å². The second-order valence-electron chi connectivity index (χ2n) is 22.2. The molecule has 0 aromatic heterocycles. The summed E-state index contributed by atoms with van der Waals surface area (Å²) in [6.45, 7) is 6.68. The summed E-state index contributed by atoms with van der Waals surface area (Å²) in [4.78, 5) is 39.9. The smallest absolute Gasteiger partial charge is 0.306 e. The molecule has 0 saturated heterocycles. The van der Waals surface area contributed by atoms with Gasteiger partial charge in [-0.1, -0.05) is 241 Å². The number of unbranched alkanes of at least 4 members (excludes halogenated alkanes) is 28. The molecule has 0 heterocycles.